The first-order valence-corrected chi connectivity index (χ1v) is 11.4. The van der Waals surface area contributed by atoms with E-state index in [1.54, 1.807) is 37.3 Å². The fourth-order valence-electron chi connectivity index (χ4n) is 4.44. The topological polar surface area (TPSA) is 132 Å². The minimum absolute atomic E-state index is 0.0425. The van der Waals surface area contributed by atoms with Crippen molar-refractivity contribution >= 4 is 17.7 Å². The van der Waals surface area contributed by atoms with Gasteiger partial charge in [-0.3, -0.25) is 9.80 Å². The normalized spacial score (nSPS) is 17.2. The van der Waals surface area contributed by atoms with Gasteiger partial charge in [0.25, 0.3) is 5.91 Å². The predicted octanol–water partition coefficient (Wildman–Crippen LogP) is 0.458. The van der Waals surface area contributed by atoms with E-state index in [1.807, 2.05) is 13.0 Å². The summed E-state index contributed by atoms with van der Waals surface area (Å²) >= 11 is 0. The smallest absolute Gasteiger partial charge is 0.338 e. The summed E-state index contributed by atoms with van der Waals surface area (Å²) in [6.07, 6.45) is 0.908. The monoisotopic (exact) mass is 469 g/mol. The molecule has 2 aliphatic heterocycles. The van der Waals surface area contributed by atoms with Crippen LogP contribution in [0.25, 0.3) is 0 Å². The van der Waals surface area contributed by atoms with E-state index in [0.29, 0.717) is 17.9 Å². The van der Waals surface area contributed by atoms with E-state index in [9.17, 15) is 14.7 Å². The predicted molar refractivity (Wildman–Crippen MR) is 125 cm³/mol. The van der Waals surface area contributed by atoms with E-state index < -0.39 is 6.10 Å². The number of piperidine rings is 1. The number of fused-ring (bicyclic) bond motifs is 1. The zero-order valence-corrected chi connectivity index (χ0v) is 19.7. The first-order chi connectivity index (χ1) is 16.4. The zero-order chi connectivity index (χ0) is 24.2. The average Bonchev–Trinajstić information content (AvgIpc) is 3.22. The van der Waals surface area contributed by atoms with Crippen LogP contribution in [-0.2, 0) is 11.3 Å². The third-order valence-electron chi connectivity index (χ3n) is 6.43. The number of ether oxygens (including phenoxy) is 1. The SMILES string of the molecule is CNNN(C)c1ccc(C(=O)NC2CCN(CC(O)c3ccc4c(c3C)COC4=O)CC2)nn1. The van der Waals surface area contributed by atoms with Crippen LogP contribution in [0.15, 0.2) is 24.3 Å². The maximum Gasteiger partial charge on any atom is 0.338 e. The molecule has 4 N–H and O–H groups in total. The van der Waals surface area contributed by atoms with Gasteiger partial charge in [-0.05, 0) is 49.1 Å². The molecule has 1 aromatic heterocycles. The van der Waals surface area contributed by atoms with E-state index in [4.69, 9.17) is 4.74 Å². The highest BCUT2D eigenvalue weighted by Gasteiger charge is 2.28. The number of nitrogens with one attached hydrogen (secondary N) is 3. The Labute approximate surface area is 198 Å². The van der Waals surface area contributed by atoms with E-state index >= 15 is 0 Å². The summed E-state index contributed by atoms with van der Waals surface area (Å²) in [6, 6.07) is 6.97. The van der Waals surface area contributed by atoms with Crippen LogP contribution in [0, 0.1) is 6.92 Å². The van der Waals surface area contributed by atoms with Gasteiger partial charge < -0.3 is 20.1 Å². The third kappa shape index (κ3) is 5.17. The number of benzene rings is 1. The van der Waals surface area contributed by atoms with E-state index in [0.717, 1.165) is 42.6 Å². The number of amides is 1. The van der Waals surface area contributed by atoms with Gasteiger partial charge in [0.05, 0.1) is 11.7 Å². The molecular weight excluding hydrogens is 438 g/mol. The van der Waals surface area contributed by atoms with Crippen molar-refractivity contribution in [1.29, 1.82) is 0 Å². The number of hydrogen-bond donors (Lipinski definition) is 4. The summed E-state index contributed by atoms with van der Waals surface area (Å²) < 4.78 is 5.11. The molecule has 0 radical (unpaired) electrons. The van der Waals surface area contributed by atoms with Crippen molar-refractivity contribution in [1.82, 2.24) is 31.4 Å². The lowest BCUT2D eigenvalue weighted by molar-refractivity contribution is 0.0534. The van der Waals surface area contributed by atoms with Gasteiger partial charge in [-0.2, -0.15) is 5.53 Å². The molecule has 1 atom stereocenters. The molecule has 1 amide bonds. The number of cyclic esters (lactones) is 1. The Hall–Kier alpha value is -3.12. The largest absolute Gasteiger partial charge is 0.457 e. The standard InChI is InChI=1S/C23H31N7O4/c1-14-16(4-5-17-18(14)13-34-23(17)33)20(31)12-30-10-8-15(9-11-30)25-22(32)19-6-7-21(27-26-19)29(3)28-24-2/h4-7,15,20,24,28,31H,8-13H2,1-3H3,(H,25,32). The van der Waals surface area contributed by atoms with Gasteiger partial charge in [-0.25, -0.2) is 10.2 Å². The van der Waals surface area contributed by atoms with Crippen molar-refractivity contribution in [2.75, 3.05) is 38.7 Å². The molecule has 1 saturated heterocycles. The number of aromatic nitrogens is 2. The highest BCUT2D eigenvalue weighted by molar-refractivity contribution is 5.94. The number of nitrogens with zero attached hydrogens (tertiary/aromatic N) is 4. The van der Waals surface area contributed by atoms with Crippen LogP contribution in [-0.4, -0.2) is 71.9 Å². The van der Waals surface area contributed by atoms with Gasteiger partial charge in [-0.15, -0.1) is 10.2 Å². The van der Waals surface area contributed by atoms with Gasteiger partial charge in [0, 0.05) is 45.3 Å². The van der Waals surface area contributed by atoms with Gasteiger partial charge >= 0.3 is 5.97 Å². The number of β-amino-alcohol motifs (C(OH)–C–C–N with tert-alkyl or cyclic N) is 1. The van der Waals surface area contributed by atoms with Crippen molar-refractivity contribution in [2.45, 2.75) is 38.5 Å². The number of aliphatic hydroxyl groups is 1. The number of hydrazine groups is 2. The van der Waals surface area contributed by atoms with Crippen molar-refractivity contribution in [3.05, 3.63) is 52.2 Å². The molecule has 1 fully saturated rings. The number of rotatable bonds is 8. The number of carbonyl (C=O) groups excluding carboxylic acids is 2. The first-order valence-electron chi connectivity index (χ1n) is 11.4. The fourth-order valence-corrected chi connectivity index (χ4v) is 4.44. The Morgan fingerprint density at radius 1 is 1.26 bits per heavy atom. The summed E-state index contributed by atoms with van der Waals surface area (Å²) in [4.78, 5) is 26.5. The number of aliphatic hydroxyl groups excluding tert-OH is 1. The van der Waals surface area contributed by atoms with Crippen LogP contribution in [0.3, 0.4) is 0 Å². The van der Waals surface area contributed by atoms with Crippen molar-refractivity contribution < 1.29 is 19.4 Å². The minimum atomic E-state index is -0.656. The molecule has 3 heterocycles. The van der Waals surface area contributed by atoms with Crippen LogP contribution >= 0.6 is 0 Å². The zero-order valence-electron chi connectivity index (χ0n) is 19.7. The molecule has 0 aliphatic carbocycles. The van der Waals surface area contributed by atoms with Crippen LogP contribution in [0.1, 0.15) is 56.5 Å². The van der Waals surface area contributed by atoms with Gasteiger partial charge in [-0.1, -0.05) is 6.07 Å². The first kappa shape index (κ1) is 24.0. The molecule has 182 valence electrons. The molecule has 4 rings (SSSR count). The second-order valence-corrected chi connectivity index (χ2v) is 8.64. The van der Waals surface area contributed by atoms with E-state index in [-0.39, 0.29) is 30.2 Å². The van der Waals surface area contributed by atoms with Crippen LogP contribution in [0.4, 0.5) is 5.82 Å². The Kier molecular flexibility index (Phi) is 7.37. The number of hydrogen-bond acceptors (Lipinski definition) is 10. The van der Waals surface area contributed by atoms with E-state index in [1.165, 1.54) is 0 Å². The highest BCUT2D eigenvalue weighted by Crippen LogP contribution is 2.29. The average molecular weight is 470 g/mol. The molecule has 0 spiro atoms. The molecule has 1 aromatic carbocycles. The molecule has 34 heavy (non-hydrogen) atoms. The summed E-state index contributed by atoms with van der Waals surface area (Å²) in [7, 11) is 3.52. The maximum atomic E-state index is 12.6. The second kappa shape index (κ2) is 10.4. The van der Waals surface area contributed by atoms with Gasteiger partial charge in [0.2, 0.25) is 0 Å². The lowest BCUT2D eigenvalue weighted by atomic mass is 9.94. The summed E-state index contributed by atoms with van der Waals surface area (Å²) in [5.41, 5.74) is 9.11. The van der Waals surface area contributed by atoms with E-state index in [2.05, 4.69) is 31.4 Å². The minimum Gasteiger partial charge on any atom is -0.457 e. The lowest BCUT2D eigenvalue weighted by Gasteiger charge is -2.33. The Balaban J connectivity index is 1.27. The Bertz CT molecular complexity index is 1040. The summed E-state index contributed by atoms with van der Waals surface area (Å²) in [5, 5.41) is 23.6. The van der Waals surface area contributed by atoms with Crippen molar-refractivity contribution in [2.24, 2.45) is 0 Å². The number of carbonyl (C=O) groups is 2. The lowest BCUT2D eigenvalue weighted by Crippen LogP contribution is -2.46. The Morgan fingerprint density at radius 3 is 2.71 bits per heavy atom. The second-order valence-electron chi connectivity index (χ2n) is 8.64. The molecule has 11 nitrogen and oxygen atoms in total. The van der Waals surface area contributed by atoms with Crippen molar-refractivity contribution in [3.63, 3.8) is 0 Å². The van der Waals surface area contributed by atoms with Gasteiger partial charge in [0.15, 0.2) is 11.5 Å². The molecule has 11 heteroatoms. The highest BCUT2D eigenvalue weighted by atomic mass is 16.5. The fraction of sp³-hybridized carbons (Fsp3) is 0.478. The molecular formula is C23H31N7O4. The number of anilines is 1. The van der Waals surface area contributed by atoms with Crippen LogP contribution < -0.4 is 21.3 Å². The number of esters is 1. The third-order valence-corrected chi connectivity index (χ3v) is 6.43. The van der Waals surface area contributed by atoms with Crippen LogP contribution in [0.5, 0.6) is 0 Å². The maximum absolute atomic E-state index is 12.6. The van der Waals surface area contributed by atoms with Gasteiger partial charge in [0.1, 0.15) is 6.61 Å². The quantitative estimate of drug-likeness (QED) is 0.319. The molecule has 0 saturated carbocycles. The number of likely N-dealkylation sites (tertiary alicyclic amines) is 1. The van der Waals surface area contributed by atoms with Crippen molar-refractivity contribution in [3.8, 4) is 0 Å². The summed E-state index contributed by atoms with van der Waals surface area (Å²) in [6.45, 7) is 4.21. The summed E-state index contributed by atoms with van der Waals surface area (Å²) in [5.74, 6) is 0.0334. The molecule has 0 bridgehead atoms. The Morgan fingerprint density at radius 2 is 2.03 bits per heavy atom. The molecule has 1 unspecified atom stereocenters. The molecule has 2 aromatic rings. The molecule has 2 aliphatic rings. The van der Waals surface area contributed by atoms with Crippen LogP contribution in [0.2, 0.25) is 0 Å².